The lowest BCUT2D eigenvalue weighted by Gasteiger charge is -2.09. The molecule has 1 aliphatic rings. The quantitative estimate of drug-likeness (QED) is 0.521. The summed E-state index contributed by atoms with van der Waals surface area (Å²) in [6, 6.07) is 23.8. The van der Waals surface area contributed by atoms with Gasteiger partial charge in [0.25, 0.3) is 5.56 Å². The van der Waals surface area contributed by atoms with Gasteiger partial charge >= 0.3 is 0 Å². The van der Waals surface area contributed by atoms with Crippen LogP contribution in [0.4, 0.5) is 5.69 Å². The molecule has 1 heterocycles. The zero-order valence-corrected chi connectivity index (χ0v) is 16.4. The van der Waals surface area contributed by atoms with Crippen LogP contribution in [0.15, 0.2) is 77.6 Å². The van der Waals surface area contributed by atoms with Crippen LogP contribution in [0.5, 0.6) is 0 Å². The summed E-state index contributed by atoms with van der Waals surface area (Å²) in [5, 5.41) is 11.4. The minimum atomic E-state index is -0.169. The van der Waals surface area contributed by atoms with E-state index in [9.17, 15) is 9.59 Å². The lowest BCUT2D eigenvalue weighted by Crippen LogP contribution is -2.12. The highest BCUT2D eigenvalue weighted by molar-refractivity contribution is 5.94. The number of aromatic nitrogens is 2. The first-order valence-corrected chi connectivity index (χ1v) is 10.1. The normalized spacial score (nSPS) is 13.3. The summed E-state index contributed by atoms with van der Waals surface area (Å²) in [5.41, 5.74) is 4.80. The summed E-state index contributed by atoms with van der Waals surface area (Å²) in [6.07, 6.45) is 2.62. The fourth-order valence-corrected chi connectivity index (χ4v) is 3.70. The summed E-state index contributed by atoms with van der Waals surface area (Å²) < 4.78 is 0. The van der Waals surface area contributed by atoms with Crippen LogP contribution in [0.2, 0.25) is 0 Å². The average molecular weight is 395 g/mol. The molecule has 5 heteroatoms. The Hall–Kier alpha value is -3.73. The van der Waals surface area contributed by atoms with E-state index >= 15 is 0 Å². The SMILES string of the molecule is O=C(Nc1ccc(-c2cccc(Cc3n[nH]c(=O)c4ccccc34)c2)cc1)C1CC1. The fraction of sp³-hybridized carbons (Fsp3) is 0.160. The third-order valence-electron chi connectivity index (χ3n) is 5.51. The van der Waals surface area contributed by atoms with Gasteiger partial charge in [-0.15, -0.1) is 0 Å². The van der Waals surface area contributed by atoms with Gasteiger partial charge in [0.2, 0.25) is 5.91 Å². The number of hydrogen-bond donors (Lipinski definition) is 2. The predicted octanol–water partition coefficient (Wildman–Crippen LogP) is 4.53. The molecule has 2 N–H and O–H groups in total. The highest BCUT2D eigenvalue weighted by Gasteiger charge is 2.29. The molecule has 1 aromatic heterocycles. The van der Waals surface area contributed by atoms with Crippen LogP contribution >= 0.6 is 0 Å². The van der Waals surface area contributed by atoms with Crippen LogP contribution in [0.25, 0.3) is 21.9 Å². The Labute approximate surface area is 173 Å². The summed E-state index contributed by atoms with van der Waals surface area (Å²) in [7, 11) is 0. The molecule has 0 bridgehead atoms. The predicted molar refractivity (Wildman–Crippen MR) is 118 cm³/mol. The lowest BCUT2D eigenvalue weighted by atomic mass is 9.99. The zero-order chi connectivity index (χ0) is 20.5. The molecule has 5 rings (SSSR count). The molecule has 148 valence electrons. The first kappa shape index (κ1) is 18.3. The van der Waals surface area contributed by atoms with Crippen molar-refractivity contribution in [2.75, 3.05) is 5.32 Å². The van der Waals surface area contributed by atoms with Crippen molar-refractivity contribution < 1.29 is 4.79 Å². The molecule has 0 radical (unpaired) electrons. The van der Waals surface area contributed by atoms with Crippen molar-refractivity contribution in [2.45, 2.75) is 19.3 Å². The molecule has 0 unspecified atom stereocenters. The maximum Gasteiger partial charge on any atom is 0.272 e. The van der Waals surface area contributed by atoms with E-state index in [1.54, 1.807) is 0 Å². The van der Waals surface area contributed by atoms with Crippen LogP contribution in [0, 0.1) is 5.92 Å². The molecule has 0 atom stereocenters. The Balaban J connectivity index is 1.39. The molecular weight excluding hydrogens is 374 g/mol. The number of aromatic amines is 1. The molecule has 30 heavy (non-hydrogen) atoms. The second-order valence-corrected chi connectivity index (χ2v) is 7.76. The number of nitrogens with one attached hydrogen (secondary N) is 2. The van der Waals surface area contributed by atoms with E-state index in [0.29, 0.717) is 11.8 Å². The van der Waals surface area contributed by atoms with Gasteiger partial charge in [0.15, 0.2) is 0 Å². The van der Waals surface area contributed by atoms with Gasteiger partial charge < -0.3 is 5.32 Å². The summed E-state index contributed by atoms with van der Waals surface area (Å²) in [4.78, 5) is 23.9. The largest absolute Gasteiger partial charge is 0.326 e. The van der Waals surface area contributed by atoms with Crippen molar-refractivity contribution in [3.8, 4) is 11.1 Å². The van der Waals surface area contributed by atoms with Gasteiger partial charge in [-0.05, 0) is 47.7 Å². The van der Waals surface area contributed by atoms with Crippen molar-refractivity contribution in [3.63, 3.8) is 0 Å². The molecule has 1 fully saturated rings. The van der Waals surface area contributed by atoms with Crippen LogP contribution in [-0.4, -0.2) is 16.1 Å². The number of nitrogens with zero attached hydrogens (tertiary/aromatic N) is 1. The van der Waals surface area contributed by atoms with Crippen molar-refractivity contribution in [3.05, 3.63) is 94.4 Å². The van der Waals surface area contributed by atoms with Crippen molar-refractivity contribution >= 4 is 22.4 Å². The Morgan fingerprint density at radius 3 is 2.47 bits per heavy atom. The number of H-pyrrole nitrogens is 1. The van der Waals surface area contributed by atoms with Crippen molar-refractivity contribution in [1.29, 1.82) is 0 Å². The topological polar surface area (TPSA) is 74.8 Å². The van der Waals surface area contributed by atoms with E-state index < -0.39 is 0 Å². The standard InChI is InChI=1S/C25H21N3O2/c29-24(18-8-9-18)26-20-12-10-17(11-13-20)19-5-3-4-16(14-19)15-23-21-6-1-2-7-22(21)25(30)28-27-23/h1-7,10-14,18H,8-9,15H2,(H,26,29)(H,28,30). The zero-order valence-electron chi connectivity index (χ0n) is 16.4. The van der Waals surface area contributed by atoms with Crippen molar-refractivity contribution in [2.24, 2.45) is 5.92 Å². The third-order valence-corrected chi connectivity index (χ3v) is 5.51. The first-order valence-electron chi connectivity index (χ1n) is 10.1. The summed E-state index contributed by atoms with van der Waals surface area (Å²) >= 11 is 0. The molecule has 0 spiro atoms. The van der Waals surface area contributed by atoms with Gasteiger partial charge in [0.05, 0.1) is 11.1 Å². The van der Waals surface area contributed by atoms with E-state index in [-0.39, 0.29) is 17.4 Å². The number of carbonyl (C=O) groups is 1. The van der Waals surface area contributed by atoms with Gasteiger partial charge in [-0.2, -0.15) is 5.10 Å². The van der Waals surface area contributed by atoms with Gasteiger partial charge in [-0.3, -0.25) is 9.59 Å². The number of fused-ring (bicyclic) bond motifs is 1. The van der Waals surface area contributed by atoms with Crippen molar-refractivity contribution in [1.82, 2.24) is 10.2 Å². The minimum Gasteiger partial charge on any atom is -0.326 e. The fourth-order valence-electron chi connectivity index (χ4n) is 3.70. The number of amides is 1. The molecule has 1 aliphatic carbocycles. The van der Waals surface area contributed by atoms with Crippen LogP contribution in [-0.2, 0) is 11.2 Å². The first-order chi connectivity index (χ1) is 14.7. The van der Waals surface area contributed by atoms with Gasteiger partial charge in [-0.25, -0.2) is 5.10 Å². The van der Waals surface area contributed by atoms with Gasteiger partial charge in [0.1, 0.15) is 0 Å². The van der Waals surface area contributed by atoms with Crippen LogP contribution in [0.1, 0.15) is 24.1 Å². The second kappa shape index (κ2) is 7.59. The van der Waals surface area contributed by atoms with Gasteiger partial charge in [-0.1, -0.05) is 54.6 Å². The second-order valence-electron chi connectivity index (χ2n) is 7.76. The van der Waals surface area contributed by atoms with E-state index in [0.717, 1.165) is 46.3 Å². The Bertz CT molecular complexity index is 1290. The third kappa shape index (κ3) is 3.74. The number of hydrogen-bond acceptors (Lipinski definition) is 3. The molecule has 5 nitrogen and oxygen atoms in total. The molecule has 0 aliphatic heterocycles. The van der Waals surface area contributed by atoms with Gasteiger partial charge in [0, 0.05) is 23.4 Å². The number of carbonyl (C=O) groups excluding carboxylic acids is 1. The summed E-state index contributed by atoms with van der Waals surface area (Å²) in [5.74, 6) is 0.310. The number of anilines is 1. The molecule has 1 amide bonds. The number of rotatable bonds is 5. The lowest BCUT2D eigenvalue weighted by molar-refractivity contribution is -0.117. The van der Waals surface area contributed by atoms with E-state index in [4.69, 9.17) is 0 Å². The van der Waals surface area contributed by atoms with Crippen LogP contribution in [0.3, 0.4) is 0 Å². The van der Waals surface area contributed by atoms with Crippen LogP contribution < -0.4 is 10.9 Å². The molecule has 1 saturated carbocycles. The molecule has 4 aromatic rings. The Morgan fingerprint density at radius 1 is 0.933 bits per heavy atom. The van der Waals surface area contributed by atoms with E-state index in [2.05, 4.69) is 33.7 Å². The highest BCUT2D eigenvalue weighted by Crippen LogP contribution is 2.30. The Kier molecular flexibility index (Phi) is 4.64. The number of benzene rings is 3. The van der Waals surface area contributed by atoms with E-state index in [1.165, 1.54) is 0 Å². The average Bonchev–Trinajstić information content (AvgIpc) is 3.62. The smallest absolute Gasteiger partial charge is 0.272 e. The molecule has 0 saturated heterocycles. The van der Waals surface area contributed by atoms with E-state index in [1.807, 2.05) is 54.6 Å². The molecular formula is C25H21N3O2. The molecule has 3 aromatic carbocycles. The highest BCUT2D eigenvalue weighted by atomic mass is 16.2. The maximum absolute atomic E-state index is 12.0. The minimum absolute atomic E-state index is 0.116. The summed E-state index contributed by atoms with van der Waals surface area (Å²) in [6.45, 7) is 0. The monoisotopic (exact) mass is 395 g/mol. The maximum atomic E-state index is 12.0. The Morgan fingerprint density at radius 2 is 1.70 bits per heavy atom.